The van der Waals surface area contributed by atoms with E-state index in [-0.39, 0.29) is 18.0 Å². The van der Waals surface area contributed by atoms with Crippen molar-refractivity contribution in [2.75, 3.05) is 5.32 Å². The highest BCUT2D eigenvalue weighted by molar-refractivity contribution is 7.04. The van der Waals surface area contributed by atoms with Crippen LogP contribution in [0.3, 0.4) is 0 Å². The summed E-state index contributed by atoms with van der Waals surface area (Å²) in [6.45, 7) is 3.96. The number of hydrogen-bond donors (Lipinski definition) is 1. The van der Waals surface area contributed by atoms with Crippen LogP contribution in [0.15, 0.2) is 39.2 Å². The van der Waals surface area contributed by atoms with Crippen LogP contribution in [0.4, 0.5) is 5.69 Å². The molecule has 2 aromatic heterocycles. The van der Waals surface area contributed by atoms with Crippen LogP contribution in [0.2, 0.25) is 0 Å². The van der Waals surface area contributed by atoms with E-state index in [9.17, 15) is 14.4 Å². The monoisotopic (exact) mass is 358 g/mol. The number of amides is 1. The van der Waals surface area contributed by atoms with Crippen molar-refractivity contribution in [1.29, 1.82) is 0 Å². The Balaban J connectivity index is 1.96. The minimum atomic E-state index is -0.487. The highest BCUT2D eigenvalue weighted by atomic mass is 32.1. The number of carbonyl (C=O) groups is 1. The minimum Gasteiger partial charge on any atom is -0.325 e. The quantitative estimate of drug-likeness (QED) is 0.756. The molecule has 0 aliphatic heterocycles. The van der Waals surface area contributed by atoms with E-state index in [4.69, 9.17) is 0 Å². The van der Waals surface area contributed by atoms with Crippen molar-refractivity contribution in [3.8, 4) is 0 Å². The van der Waals surface area contributed by atoms with Gasteiger partial charge in [0.1, 0.15) is 6.54 Å². The summed E-state index contributed by atoms with van der Waals surface area (Å²) in [4.78, 5) is 37.4. The fraction of sp³-hybridized carbons (Fsp3) is 0.294. The second kappa shape index (κ2) is 7.02. The fourth-order valence-corrected chi connectivity index (χ4v) is 3.26. The van der Waals surface area contributed by atoms with Crippen molar-refractivity contribution in [2.24, 2.45) is 0 Å². The van der Waals surface area contributed by atoms with Gasteiger partial charge < -0.3 is 5.32 Å². The van der Waals surface area contributed by atoms with E-state index < -0.39 is 11.2 Å². The second-order valence-electron chi connectivity index (χ2n) is 5.79. The molecule has 0 unspecified atom stereocenters. The summed E-state index contributed by atoms with van der Waals surface area (Å²) in [5.74, 6) is -0.333. The number of rotatable bonds is 5. The minimum absolute atomic E-state index is 0.175. The maximum absolute atomic E-state index is 12.6. The average Bonchev–Trinajstić information content (AvgIpc) is 3.07. The maximum Gasteiger partial charge on any atom is 0.332 e. The molecule has 2 heterocycles. The average molecular weight is 358 g/mol. The zero-order valence-electron chi connectivity index (χ0n) is 14.0. The van der Waals surface area contributed by atoms with E-state index in [1.54, 1.807) is 17.5 Å². The predicted molar refractivity (Wildman–Crippen MR) is 98.2 cm³/mol. The molecule has 0 saturated heterocycles. The first-order valence-corrected chi connectivity index (χ1v) is 8.79. The van der Waals surface area contributed by atoms with Gasteiger partial charge in [0.15, 0.2) is 5.52 Å². The topological polar surface area (TPSA) is 86.0 Å². The lowest BCUT2D eigenvalue weighted by Gasteiger charge is -2.11. The molecule has 0 fully saturated rings. The van der Waals surface area contributed by atoms with Crippen molar-refractivity contribution < 1.29 is 4.79 Å². The standard InChI is InChI=1S/C17H18N4O3S/c1-3-8-20-16(23)15-13(10-25-19-15)21(17(20)24)9-14(22)18-12-6-4-11(2)5-7-12/h4-7,10H,3,8-9H2,1-2H3,(H,18,22). The van der Waals surface area contributed by atoms with E-state index in [0.717, 1.165) is 21.7 Å². The molecule has 0 atom stereocenters. The lowest BCUT2D eigenvalue weighted by molar-refractivity contribution is -0.116. The molecule has 7 nitrogen and oxygen atoms in total. The van der Waals surface area contributed by atoms with Gasteiger partial charge in [-0.2, -0.15) is 4.37 Å². The molecule has 1 N–H and O–H groups in total. The van der Waals surface area contributed by atoms with Crippen LogP contribution < -0.4 is 16.6 Å². The molecule has 3 rings (SSSR count). The molecule has 1 amide bonds. The molecule has 0 spiro atoms. The van der Waals surface area contributed by atoms with Gasteiger partial charge in [-0.25, -0.2) is 4.79 Å². The molecule has 0 bridgehead atoms. The molecule has 0 saturated carbocycles. The normalized spacial score (nSPS) is 11.0. The van der Waals surface area contributed by atoms with E-state index in [1.165, 1.54) is 4.57 Å². The SMILES string of the molecule is CCCn1c(=O)c2nscc2n(CC(=O)Nc2ccc(C)cc2)c1=O. The van der Waals surface area contributed by atoms with Crippen LogP contribution >= 0.6 is 11.5 Å². The molecule has 130 valence electrons. The summed E-state index contributed by atoms with van der Waals surface area (Å²) in [7, 11) is 0. The molecule has 3 aromatic rings. The smallest absolute Gasteiger partial charge is 0.325 e. The first kappa shape index (κ1) is 17.1. The van der Waals surface area contributed by atoms with Gasteiger partial charge in [-0.1, -0.05) is 24.6 Å². The summed E-state index contributed by atoms with van der Waals surface area (Å²) >= 11 is 1.09. The number of nitrogens with one attached hydrogen (secondary N) is 1. The molecule has 0 aliphatic rings. The van der Waals surface area contributed by atoms with Gasteiger partial charge in [0, 0.05) is 17.6 Å². The predicted octanol–water partition coefficient (Wildman–Crippen LogP) is 1.98. The number of aryl methyl sites for hydroxylation is 1. The van der Waals surface area contributed by atoms with Crippen molar-refractivity contribution in [3.63, 3.8) is 0 Å². The number of aromatic nitrogens is 3. The highest BCUT2D eigenvalue weighted by Crippen LogP contribution is 2.11. The number of anilines is 1. The number of nitrogens with zero attached hydrogens (tertiary/aromatic N) is 3. The molecule has 0 radical (unpaired) electrons. The largest absolute Gasteiger partial charge is 0.332 e. The van der Waals surface area contributed by atoms with E-state index >= 15 is 0 Å². The number of fused-ring (bicyclic) bond motifs is 1. The lowest BCUT2D eigenvalue weighted by Crippen LogP contribution is -2.41. The molecule has 0 aliphatic carbocycles. The van der Waals surface area contributed by atoms with Crippen LogP contribution in [0.1, 0.15) is 18.9 Å². The Bertz CT molecular complexity index is 1030. The van der Waals surface area contributed by atoms with E-state index in [2.05, 4.69) is 9.69 Å². The van der Waals surface area contributed by atoms with Crippen LogP contribution in [-0.2, 0) is 17.9 Å². The number of benzene rings is 1. The third-order valence-electron chi connectivity index (χ3n) is 3.84. The summed E-state index contributed by atoms with van der Waals surface area (Å²) in [5.41, 5.74) is 1.47. The van der Waals surface area contributed by atoms with Crippen molar-refractivity contribution in [1.82, 2.24) is 13.5 Å². The Morgan fingerprint density at radius 3 is 2.60 bits per heavy atom. The highest BCUT2D eigenvalue weighted by Gasteiger charge is 2.16. The molecule has 1 aromatic carbocycles. The first-order valence-electron chi connectivity index (χ1n) is 7.95. The lowest BCUT2D eigenvalue weighted by atomic mass is 10.2. The third-order valence-corrected chi connectivity index (χ3v) is 4.45. The van der Waals surface area contributed by atoms with Crippen LogP contribution in [0.25, 0.3) is 11.0 Å². The number of carbonyl (C=O) groups excluding carboxylic acids is 1. The Morgan fingerprint density at radius 2 is 1.92 bits per heavy atom. The number of hydrogen-bond acceptors (Lipinski definition) is 5. The molecular weight excluding hydrogens is 340 g/mol. The molecule has 25 heavy (non-hydrogen) atoms. The van der Waals surface area contributed by atoms with Gasteiger partial charge in [0.25, 0.3) is 5.56 Å². The van der Waals surface area contributed by atoms with Crippen molar-refractivity contribution >= 4 is 34.2 Å². The Morgan fingerprint density at radius 1 is 1.20 bits per heavy atom. The van der Waals surface area contributed by atoms with Crippen LogP contribution in [0.5, 0.6) is 0 Å². The fourth-order valence-electron chi connectivity index (χ4n) is 2.59. The van der Waals surface area contributed by atoms with Gasteiger partial charge in [-0.05, 0) is 37.0 Å². The van der Waals surface area contributed by atoms with E-state index in [0.29, 0.717) is 24.2 Å². The third kappa shape index (κ3) is 3.39. The van der Waals surface area contributed by atoms with Gasteiger partial charge in [-0.15, -0.1) is 0 Å². The van der Waals surface area contributed by atoms with Gasteiger partial charge >= 0.3 is 5.69 Å². The van der Waals surface area contributed by atoms with Crippen molar-refractivity contribution in [3.05, 3.63) is 56.0 Å². The summed E-state index contributed by atoms with van der Waals surface area (Å²) in [6, 6.07) is 7.39. The molecular formula is C17H18N4O3S. The van der Waals surface area contributed by atoms with Crippen molar-refractivity contribution in [2.45, 2.75) is 33.4 Å². The zero-order chi connectivity index (χ0) is 18.0. The molecule has 8 heteroatoms. The maximum atomic E-state index is 12.6. The second-order valence-corrected chi connectivity index (χ2v) is 6.42. The Hall–Kier alpha value is -2.74. The van der Waals surface area contributed by atoms with Gasteiger partial charge in [0.2, 0.25) is 5.91 Å². The summed E-state index contributed by atoms with van der Waals surface area (Å²) in [5, 5.41) is 4.38. The zero-order valence-corrected chi connectivity index (χ0v) is 14.8. The van der Waals surface area contributed by atoms with Gasteiger partial charge in [0.05, 0.1) is 5.52 Å². The van der Waals surface area contributed by atoms with Crippen LogP contribution in [0, 0.1) is 6.92 Å². The van der Waals surface area contributed by atoms with E-state index in [1.807, 2.05) is 26.0 Å². The Kier molecular flexibility index (Phi) is 4.80. The van der Waals surface area contributed by atoms with Gasteiger partial charge in [-0.3, -0.25) is 18.7 Å². The summed E-state index contributed by atoms with van der Waals surface area (Å²) in [6.07, 6.45) is 0.639. The Labute approximate surface area is 147 Å². The van der Waals surface area contributed by atoms with Crippen LogP contribution in [-0.4, -0.2) is 19.4 Å². The summed E-state index contributed by atoms with van der Waals surface area (Å²) < 4.78 is 6.53. The first-order chi connectivity index (χ1) is 12.0.